The van der Waals surface area contributed by atoms with E-state index < -0.39 is 11.9 Å². The lowest BCUT2D eigenvalue weighted by Crippen LogP contribution is -2.26. The Kier molecular flexibility index (Phi) is 4.57. The van der Waals surface area contributed by atoms with Crippen LogP contribution in [0.2, 0.25) is 0 Å². The molecule has 0 radical (unpaired) electrons. The minimum atomic E-state index is -0.399. The van der Waals surface area contributed by atoms with Gasteiger partial charge < -0.3 is 14.4 Å². The number of likely N-dealkylation sites (tertiary alicyclic amines) is 1. The lowest BCUT2D eigenvalue weighted by molar-refractivity contribution is -0.145. The number of hydrogen-bond acceptors (Lipinski definition) is 5. The number of esters is 2. The minimum Gasteiger partial charge on any atom is -0.469 e. The molecule has 2 rings (SSSR count). The van der Waals surface area contributed by atoms with Crippen molar-refractivity contribution in [3.63, 3.8) is 0 Å². The third-order valence-corrected chi connectivity index (χ3v) is 3.50. The Morgan fingerprint density at radius 1 is 1.19 bits per heavy atom. The van der Waals surface area contributed by atoms with Crippen LogP contribution in [0.15, 0.2) is 24.3 Å². The maximum Gasteiger partial charge on any atom is 0.337 e. The van der Waals surface area contributed by atoms with Gasteiger partial charge in [-0.2, -0.15) is 0 Å². The van der Waals surface area contributed by atoms with Gasteiger partial charge >= 0.3 is 11.9 Å². The summed E-state index contributed by atoms with van der Waals surface area (Å²) >= 11 is 0. The smallest absolute Gasteiger partial charge is 0.337 e. The summed E-state index contributed by atoms with van der Waals surface area (Å²) in [5.74, 6) is -1.21. The van der Waals surface area contributed by atoms with Gasteiger partial charge in [0.05, 0.1) is 25.7 Å². The van der Waals surface area contributed by atoms with Gasteiger partial charge in [0, 0.05) is 19.5 Å². The average molecular weight is 291 g/mol. The Bertz CT molecular complexity index is 552. The number of benzene rings is 1. The first-order chi connectivity index (χ1) is 10.0. The molecule has 21 heavy (non-hydrogen) atoms. The zero-order valence-electron chi connectivity index (χ0n) is 12.0. The van der Waals surface area contributed by atoms with Crippen LogP contribution in [0, 0.1) is 5.92 Å². The SMILES string of the molecule is COC(=O)c1ccc(CN2C[C@@H](C(=O)OC)CC2=O)cc1. The van der Waals surface area contributed by atoms with E-state index in [2.05, 4.69) is 9.47 Å². The quantitative estimate of drug-likeness (QED) is 0.774. The van der Waals surface area contributed by atoms with Gasteiger partial charge in [-0.25, -0.2) is 4.79 Å². The summed E-state index contributed by atoms with van der Waals surface area (Å²) in [6.07, 6.45) is 0.187. The number of amides is 1. The molecular formula is C15H17NO5. The van der Waals surface area contributed by atoms with E-state index in [0.29, 0.717) is 18.7 Å². The highest BCUT2D eigenvalue weighted by Gasteiger charge is 2.34. The van der Waals surface area contributed by atoms with Gasteiger partial charge in [0.25, 0.3) is 0 Å². The zero-order valence-corrected chi connectivity index (χ0v) is 12.0. The molecule has 1 aromatic carbocycles. The molecule has 1 aliphatic heterocycles. The fourth-order valence-corrected chi connectivity index (χ4v) is 2.33. The first-order valence-corrected chi connectivity index (χ1v) is 6.58. The molecule has 1 aliphatic rings. The Balaban J connectivity index is 2.00. The molecule has 0 bridgehead atoms. The second-order valence-corrected chi connectivity index (χ2v) is 4.89. The van der Waals surface area contributed by atoms with Crippen LogP contribution in [0.4, 0.5) is 0 Å². The topological polar surface area (TPSA) is 72.9 Å². The first kappa shape index (κ1) is 15.0. The van der Waals surface area contributed by atoms with Gasteiger partial charge in [0.15, 0.2) is 0 Å². The van der Waals surface area contributed by atoms with Crippen LogP contribution in [0.3, 0.4) is 0 Å². The summed E-state index contributed by atoms with van der Waals surface area (Å²) in [5, 5.41) is 0. The van der Waals surface area contributed by atoms with Gasteiger partial charge in [0.1, 0.15) is 0 Å². The fourth-order valence-electron chi connectivity index (χ4n) is 2.33. The highest BCUT2D eigenvalue weighted by Crippen LogP contribution is 2.21. The molecule has 0 N–H and O–H groups in total. The molecule has 1 saturated heterocycles. The summed E-state index contributed by atoms with van der Waals surface area (Å²) in [6.45, 7) is 0.776. The molecule has 6 nitrogen and oxygen atoms in total. The predicted molar refractivity (Wildman–Crippen MR) is 73.3 cm³/mol. The van der Waals surface area contributed by atoms with Crippen molar-refractivity contribution in [2.75, 3.05) is 20.8 Å². The van der Waals surface area contributed by atoms with Crippen molar-refractivity contribution < 1.29 is 23.9 Å². The van der Waals surface area contributed by atoms with Crippen molar-refractivity contribution in [3.8, 4) is 0 Å². The number of ether oxygens (including phenoxy) is 2. The molecule has 6 heteroatoms. The summed E-state index contributed by atoms with van der Waals surface area (Å²) in [7, 11) is 2.65. The minimum absolute atomic E-state index is 0.0672. The molecule has 1 aromatic rings. The molecule has 112 valence electrons. The van der Waals surface area contributed by atoms with Crippen LogP contribution in [0.25, 0.3) is 0 Å². The van der Waals surface area contributed by atoms with E-state index >= 15 is 0 Å². The van der Waals surface area contributed by atoms with Crippen molar-refractivity contribution in [1.29, 1.82) is 0 Å². The van der Waals surface area contributed by atoms with E-state index in [1.807, 2.05) is 0 Å². The first-order valence-electron chi connectivity index (χ1n) is 6.58. The number of carbonyl (C=O) groups is 3. The van der Waals surface area contributed by atoms with Crippen molar-refractivity contribution >= 4 is 17.8 Å². The number of hydrogen-bond donors (Lipinski definition) is 0. The van der Waals surface area contributed by atoms with Crippen LogP contribution >= 0.6 is 0 Å². The van der Waals surface area contributed by atoms with E-state index in [9.17, 15) is 14.4 Å². The van der Waals surface area contributed by atoms with E-state index in [1.54, 1.807) is 29.2 Å². The normalized spacial score (nSPS) is 17.7. The number of nitrogens with zero attached hydrogens (tertiary/aromatic N) is 1. The van der Waals surface area contributed by atoms with E-state index in [1.165, 1.54) is 14.2 Å². The molecule has 0 saturated carbocycles. The van der Waals surface area contributed by atoms with E-state index in [-0.39, 0.29) is 18.3 Å². The van der Waals surface area contributed by atoms with E-state index in [4.69, 9.17) is 0 Å². The molecule has 1 heterocycles. The lowest BCUT2D eigenvalue weighted by Gasteiger charge is -2.16. The highest BCUT2D eigenvalue weighted by atomic mass is 16.5. The second-order valence-electron chi connectivity index (χ2n) is 4.89. The molecule has 1 amide bonds. The van der Waals surface area contributed by atoms with Crippen molar-refractivity contribution in [3.05, 3.63) is 35.4 Å². The number of rotatable bonds is 4. The predicted octanol–water partition coefficient (Wildman–Crippen LogP) is 0.995. The van der Waals surface area contributed by atoms with Crippen LogP contribution in [-0.4, -0.2) is 43.5 Å². The van der Waals surface area contributed by atoms with Crippen LogP contribution in [0.5, 0.6) is 0 Å². The van der Waals surface area contributed by atoms with Gasteiger partial charge in [-0.15, -0.1) is 0 Å². The van der Waals surface area contributed by atoms with Crippen LogP contribution < -0.4 is 0 Å². The van der Waals surface area contributed by atoms with Crippen molar-refractivity contribution in [1.82, 2.24) is 4.90 Å². The van der Waals surface area contributed by atoms with Gasteiger partial charge in [-0.05, 0) is 17.7 Å². The summed E-state index contributed by atoms with van der Waals surface area (Å²) < 4.78 is 9.29. The Hall–Kier alpha value is -2.37. The van der Waals surface area contributed by atoms with Gasteiger partial charge in [0.2, 0.25) is 5.91 Å². The summed E-state index contributed by atoms with van der Waals surface area (Å²) in [4.78, 5) is 36.3. The Morgan fingerprint density at radius 3 is 2.43 bits per heavy atom. The van der Waals surface area contributed by atoms with Crippen molar-refractivity contribution in [2.24, 2.45) is 5.92 Å². The summed E-state index contributed by atoms with van der Waals surface area (Å²) in [5.41, 5.74) is 1.35. The number of methoxy groups -OCH3 is 2. The van der Waals surface area contributed by atoms with E-state index in [0.717, 1.165) is 5.56 Å². The molecule has 1 atom stereocenters. The molecule has 0 aromatic heterocycles. The van der Waals surface area contributed by atoms with Crippen LogP contribution in [-0.2, 0) is 25.6 Å². The third kappa shape index (κ3) is 3.39. The van der Waals surface area contributed by atoms with Gasteiger partial charge in [-0.3, -0.25) is 9.59 Å². The molecule has 1 fully saturated rings. The molecular weight excluding hydrogens is 274 g/mol. The maximum absolute atomic E-state index is 11.9. The summed E-state index contributed by atoms with van der Waals surface area (Å²) in [6, 6.07) is 6.84. The molecule has 0 aliphatic carbocycles. The molecule has 0 unspecified atom stereocenters. The average Bonchev–Trinajstić information content (AvgIpc) is 2.87. The zero-order chi connectivity index (χ0) is 15.4. The van der Waals surface area contributed by atoms with Crippen molar-refractivity contribution in [2.45, 2.75) is 13.0 Å². The Morgan fingerprint density at radius 2 is 1.86 bits per heavy atom. The second kappa shape index (κ2) is 6.39. The van der Waals surface area contributed by atoms with Gasteiger partial charge in [-0.1, -0.05) is 12.1 Å². The highest BCUT2D eigenvalue weighted by molar-refractivity contribution is 5.89. The third-order valence-electron chi connectivity index (χ3n) is 3.50. The molecule has 0 spiro atoms. The monoisotopic (exact) mass is 291 g/mol. The standard InChI is InChI=1S/C15H17NO5/c1-20-14(18)11-5-3-10(4-6-11)8-16-9-12(7-13(16)17)15(19)21-2/h3-6,12H,7-9H2,1-2H3/t12-/m0/s1. The maximum atomic E-state index is 11.9. The largest absolute Gasteiger partial charge is 0.469 e. The Labute approximate surface area is 122 Å². The number of carbonyl (C=O) groups excluding carboxylic acids is 3. The van der Waals surface area contributed by atoms with Crippen LogP contribution in [0.1, 0.15) is 22.3 Å². The fraction of sp³-hybridized carbons (Fsp3) is 0.400. The lowest BCUT2D eigenvalue weighted by atomic mass is 10.1.